The standard InChI is InChI=1S/C23H30N4O/c1-2-22-24-14-19(15-25-22)16-26-12-11-21-20(17-26)8-9-23(28)27(21)13-10-18-6-4-3-5-7-18/h3-7,14-15,20-21H,2,8-13,16-17H2,1H3/t20-,21+/m0/s1. The zero-order valence-electron chi connectivity index (χ0n) is 16.8. The van der Waals surface area contributed by atoms with E-state index in [0.29, 0.717) is 24.3 Å². The number of piperidine rings is 2. The molecule has 148 valence electrons. The molecule has 1 amide bonds. The summed E-state index contributed by atoms with van der Waals surface area (Å²) in [6.07, 6.45) is 8.54. The predicted molar refractivity (Wildman–Crippen MR) is 110 cm³/mol. The van der Waals surface area contributed by atoms with Crippen LogP contribution in [0, 0.1) is 5.92 Å². The molecule has 5 heteroatoms. The first-order chi connectivity index (χ1) is 13.7. The van der Waals surface area contributed by atoms with Crippen molar-refractivity contribution in [3.63, 3.8) is 0 Å². The number of likely N-dealkylation sites (tertiary alicyclic amines) is 2. The lowest BCUT2D eigenvalue weighted by atomic mass is 9.83. The van der Waals surface area contributed by atoms with Crippen LogP contribution in [-0.2, 0) is 24.2 Å². The van der Waals surface area contributed by atoms with E-state index in [0.717, 1.165) is 57.7 Å². The fourth-order valence-corrected chi connectivity index (χ4v) is 4.66. The first kappa shape index (κ1) is 19.1. The minimum absolute atomic E-state index is 0.342. The molecule has 2 aromatic rings. The molecule has 1 aromatic carbocycles. The molecule has 2 fully saturated rings. The highest BCUT2D eigenvalue weighted by Gasteiger charge is 2.38. The summed E-state index contributed by atoms with van der Waals surface area (Å²) in [6, 6.07) is 10.9. The van der Waals surface area contributed by atoms with Gasteiger partial charge in [-0.1, -0.05) is 37.3 Å². The van der Waals surface area contributed by atoms with Crippen LogP contribution in [0.2, 0.25) is 0 Å². The maximum Gasteiger partial charge on any atom is 0.222 e. The molecular weight excluding hydrogens is 348 g/mol. The Morgan fingerprint density at radius 3 is 2.61 bits per heavy atom. The van der Waals surface area contributed by atoms with Gasteiger partial charge in [-0.05, 0) is 30.7 Å². The second-order valence-corrected chi connectivity index (χ2v) is 8.07. The van der Waals surface area contributed by atoms with Crippen molar-refractivity contribution >= 4 is 5.91 Å². The maximum absolute atomic E-state index is 12.6. The van der Waals surface area contributed by atoms with Crippen molar-refractivity contribution in [2.24, 2.45) is 5.92 Å². The zero-order chi connectivity index (χ0) is 19.3. The van der Waals surface area contributed by atoms with E-state index in [-0.39, 0.29) is 0 Å². The van der Waals surface area contributed by atoms with E-state index < -0.39 is 0 Å². The van der Waals surface area contributed by atoms with Gasteiger partial charge < -0.3 is 4.90 Å². The van der Waals surface area contributed by atoms with E-state index in [2.05, 4.69) is 51.0 Å². The second-order valence-electron chi connectivity index (χ2n) is 8.07. The molecule has 0 spiro atoms. The highest BCUT2D eigenvalue weighted by atomic mass is 16.2. The lowest BCUT2D eigenvalue weighted by molar-refractivity contribution is -0.141. The van der Waals surface area contributed by atoms with E-state index >= 15 is 0 Å². The number of hydrogen-bond donors (Lipinski definition) is 0. The minimum atomic E-state index is 0.342. The fourth-order valence-electron chi connectivity index (χ4n) is 4.66. The molecule has 0 aliphatic carbocycles. The number of amides is 1. The highest BCUT2D eigenvalue weighted by molar-refractivity contribution is 5.77. The van der Waals surface area contributed by atoms with Crippen LogP contribution in [0.5, 0.6) is 0 Å². The third kappa shape index (κ3) is 4.41. The van der Waals surface area contributed by atoms with Gasteiger partial charge in [-0.2, -0.15) is 0 Å². The summed E-state index contributed by atoms with van der Waals surface area (Å²) in [5.41, 5.74) is 2.49. The SMILES string of the molecule is CCc1ncc(CN2CC[C@@H]3[C@@H](CCC(=O)N3CCc3ccccc3)C2)cn1. The van der Waals surface area contributed by atoms with Gasteiger partial charge >= 0.3 is 0 Å². The van der Waals surface area contributed by atoms with Crippen LogP contribution in [-0.4, -0.2) is 51.4 Å². The molecule has 4 rings (SSSR count). The molecule has 2 aliphatic heterocycles. The van der Waals surface area contributed by atoms with Crippen LogP contribution in [0.25, 0.3) is 0 Å². The summed E-state index contributed by atoms with van der Waals surface area (Å²) in [6.45, 7) is 5.93. The molecule has 2 atom stereocenters. The Balaban J connectivity index is 1.35. The number of benzene rings is 1. The summed E-state index contributed by atoms with van der Waals surface area (Å²) in [7, 11) is 0. The van der Waals surface area contributed by atoms with Gasteiger partial charge in [0.05, 0.1) is 0 Å². The van der Waals surface area contributed by atoms with Crippen LogP contribution >= 0.6 is 0 Å². The number of carbonyl (C=O) groups excluding carboxylic acids is 1. The summed E-state index contributed by atoms with van der Waals surface area (Å²) in [5.74, 6) is 1.83. The maximum atomic E-state index is 12.6. The van der Waals surface area contributed by atoms with Crippen LogP contribution in [0.1, 0.15) is 43.1 Å². The van der Waals surface area contributed by atoms with Crippen molar-refractivity contribution in [3.05, 3.63) is 59.7 Å². The van der Waals surface area contributed by atoms with Crippen LogP contribution < -0.4 is 0 Å². The quantitative estimate of drug-likeness (QED) is 0.775. The average molecular weight is 379 g/mol. The molecule has 2 aliphatic rings. The molecule has 28 heavy (non-hydrogen) atoms. The molecule has 0 unspecified atom stereocenters. The van der Waals surface area contributed by atoms with Crippen molar-refractivity contribution < 1.29 is 4.79 Å². The van der Waals surface area contributed by atoms with E-state index in [1.165, 1.54) is 11.1 Å². The van der Waals surface area contributed by atoms with Crippen LogP contribution in [0.3, 0.4) is 0 Å². The number of aromatic nitrogens is 2. The van der Waals surface area contributed by atoms with Crippen LogP contribution in [0.15, 0.2) is 42.7 Å². The van der Waals surface area contributed by atoms with Gasteiger partial charge in [0.2, 0.25) is 5.91 Å². The largest absolute Gasteiger partial charge is 0.339 e. The Hall–Kier alpha value is -2.27. The van der Waals surface area contributed by atoms with Gasteiger partial charge in [0, 0.05) is 63.0 Å². The molecular formula is C23H30N4O. The smallest absolute Gasteiger partial charge is 0.222 e. The number of fused-ring (bicyclic) bond motifs is 1. The molecule has 5 nitrogen and oxygen atoms in total. The fraction of sp³-hybridized carbons (Fsp3) is 0.522. The van der Waals surface area contributed by atoms with Crippen molar-refractivity contribution in [1.29, 1.82) is 0 Å². The molecule has 0 saturated carbocycles. The number of hydrogen-bond acceptors (Lipinski definition) is 4. The topological polar surface area (TPSA) is 49.3 Å². The van der Waals surface area contributed by atoms with Crippen molar-refractivity contribution in [2.75, 3.05) is 19.6 Å². The molecule has 0 N–H and O–H groups in total. The van der Waals surface area contributed by atoms with E-state index in [4.69, 9.17) is 0 Å². The van der Waals surface area contributed by atoms with E-state index in [1.54, 1.807) is 0 Å². The highest BCUT2D eigenvalue weighted by Crippen LogP contribution is 2.32. The van der Waals surface area contributed by atoms with Gasteiger partial charge in [0.15, 0.2) is 0 Å². The molecule has 2 saturated heterocycles. The van der Waals surface area contributed by atoms with Crippen molar-refractivity contribution in [3.8, 4) is 0 Å². The summed E-state index contributed by atoms with van der Waals surface area (Å²) in [5, 5.41) is 0. The molecule has 1 aromatic heterocycles. The van der Waals surface area contributed by atoms with Gasteiger partial charge in [-0.25, -0.2) is 9.97 Å². The summed E-state index contributed by atoms with van der Waals surface area (Å²) >= 11 is 0. The third-order valence-electron chi connectivity index (χ3n) is 6.19. The van der Waals surface area contributed by atoms with Gasteiger partial charge in [0.25, 0.3) is 0 Å². The Kier molecular flexibility index (Phi) is 6.01. The number of rotatable bonds is 6. The average Bonchev–Trinajstić information content (AvgIpc) is 2.74. The van der Waals surface area contributed by atoms with Gasteiger partial charge in [-0.3, -0.25) is 9.69 Å². The number of aryl methyl sites for hydroxylation is 1. The van der Waals surface area contributed by atoms with Gasteiger partial charge in [-0.15, -0.1) is 0 Å². The lowest BCUT2D eigenvalue weighted by Gasteiger charge is -2.47. The molecule has 0 bridgehead atoms. The molecule has 0 radical (unpaired) electrons. The van der Waals surface area contributed by atoms with E-state index in [1.807, 2.05) is 18.5 Å². The third-order valence-corrected chi connectivity index (χ3v) is 6.19. The monoisotopic (exact) mass is 378 g/mol. The van der Waals surface area contributed by atoms with Crippen molar-refractivity contribution in [1.82, 2.24) is 19.8 Å². The Bertz CT molecular complexity index is 777. The summed E-state index contributed by atoms with van der Waals surface area (Å²) in [4.78, 5) is 26.1. The lowest BCUT2D eigenvalue weighted by Crippen LogP contribution is -2.56. The second kappa shape index (κ2) is 8.82. The predicted octanol–water partition coefficient (Wildman–Crippen LogP) is 3.09. The normalized spacial score (nSPS) is 22.9. The Morgan fingerprint density at radius 1 is 1.07 bits per heavy atom. The first-order valence-corrected chi connectivity index (χ1v) is 10.6. The number of carbonyl (C=O) groups is 1. The first-order valence-electron chi connectivity index (χ1n) is 10.6. The zero-order valence-corrected chi connectivity index (χ0v) is 16.8. The molecule has 3 heterocycles. The van der Waals surface area contributed by atoms with Gasteiger partial charge in [0.1, 0.15) is 5.82 Å². The van der Waals surface area contributed by atoms with Crippen molar-refractivity contribution in [2.45, 2.75) is 51.6 Å². The summed E-state index contributed by atoms with van der Waals surface area (Å²) < 4.78 is 0. The Labute approximate surface area is 167 Å². The van der Waals surface area contributed by atoms with E-state index in [9.17, 15) is 4.79 Å². The van der Waals surface area contributed by atoms with Crippen LogP contribution in [0.4, 0.5) is 0 Å². The number of nitrogens with zero attached hydrogens (tertiary/aromatic N) is 4. The Morgan fingerprint density at radius 2 is 1.86 bits per heavy atom. The minimum Gasteiger partial charge on any atom is -0.339 e.